The lowest BCUT2D eigenvalue weighted by atomic mass is 10.2. The Hall–Kier alpha value is -2.12. The van der Waals surface area contributed by atoms with Crippen LogP contribution in [0.3, 0.4) is 0 Å². The van der Waals surface area contributed by atoms with Crippen molar-refractivity contribution in [3.63, 3.8) is 0 Å². The molecule has 0 atom stereocenters. The summed E-state index contributed by atoms with van der Waals surface area (Å²) in [5, 5.41) is 8.79. The van der Waals surface area contributed by atoms with Crippen LogP contribution in [0.1, 0.15) is 12.5 Å². The molecule has 2 aromatic heterocycles. The Morgan fingerprint density at radius 3 is 2.54 bits per heavy atom. The number of aryl methyl sites for hydroxylation is 1. The van der Waals surface area contributed by atoms with Crippen LogP contribution in [-0.2, 0) is 16.3 Å². The van der Waals surface area contributed by atoms with Gasteiger partial charge >= 0.3 is 0 Å². The van der Waals surface area contributed by atoms with Gasteiger partial charge in [-0.05, 0) is 42.5 Å². The van der Waals surface area contributed by atoms with E-state index in [2.05, 4.69) is 4.98 Å². The number of rotatable bonds is 4. The molecule has 0 fully saturated rings. The molecule has 0 aliphatic carbocycles. The van der Waals surface area contributed by atoms with Gasteiger partial charge in [0.25, 0.3) is 0 Å². The van der Waals surface area contributed by atoms with Crippen LogP contribution in [0.15, 0.2) is 63.5 Å². The van der Waals surface area contributed by atoms with Crippen molar-refractivity contribution < 1.29 is 8.42 Å². The summed E-state index contributed by atoms with van der Waals surface area (Å²) < 4.78 is 27.5. The van der Waals surface area contributed by atoms with Crippen LogP contribution < -0.4 is 5.49 Å². The first-order chi connectivity index (χ1) is 11.5. The Labute approximate surface area is 144 Å². The number of nitrogens with zero attached hydrogens (tertiary/aromatic N) is 2. The van der Waals surface area contributed by atoms with Crippen LogP contribution >= 0.6 is 11.8 Å². The molecule has 3 rings (SSSR count). The average Bonchev–Trinajstić information content (AvgIpc) is 2.61. The smallest absolute Gasteiger partial charge is 0.212 e. The number of pyridine rings is 1. The van der Waals surface area contributed by atoms with Crippen molar-refractivity contribution in [3.8, 4) is 0 Å². The van der Waals surface area contributed by atoms with Gasteiger partial charge in [0.1, 0.15) is 15.6 Å². The van der Waals surface area contributed by atoms with Crippen LogP contribution in [0.25, 0.3) is 5.65 Å². The molecule has 0 aliphatic heterocycles. The van der Waals surface area contributed by atoms with Gasteiger partial charge in [-0.1, -0.05) is 25.1 Å². The Balaban J connectivity index is 2.36. The van der Waals surface area contributed by atoms with E-state index >= 15 is 0 Å². The Morgan fingerprint density at radius 2 is 1.92 bits per heavy atom. The van der Waals surface area contributed by atoms with Gasteiger partial charge in [-0.25, -0.2) is 13.4 Å². The molecule has 1 N–H and O–H groups in total. The van der Waals surface area contributed by atoms with Crippen LogP contribution in [0.2, 0.25) is 0 Å². The van der Waals surface area contributed by atoms with E-state index in [0.717, 1.165) is 12.0 Å². The fraction of sp³-hybridized carbons (Fsp3) is 0.176. The number of hydrogen-bond acceptors (Lipinski definition) is 5. The molecule has 1 aromatic carbocycles. The molecule has 0 saturated carbocycles. The van der Waals surface area contributed by atoms with Crippen molar-refractivity contribution in [1.29, 1.82) is 5.41 Å². The molecular formula is C17H17N3O2S2. The normalized spacial score (nSPS) is 11.8. The third-order valence-electron chi connectivity index (χ3n) is 3.79. The molecule has 3 aromatic rings. The number of hydrogen-bond donors (Lipinski definition) is 1. The Morgan fingerprint density at radius 1 is 1.21 bits per heavy atom. The number of fused-ring (bicyclic) bond motifs is 1. The van der Waals surface area contributed by atoms with Crippen molar-refractivity contribution in [2.45, 2.75) is 28.2 Å². The highest BCUT2D eigenvalue weighted by Gasteiger charge is 2.25. The highest BCUT2D eigenvalue weighted by molar-refractivity contribution is 7.99. The Bertz CT molecular complexity index is 1060. The standard InChI is InChI=1S/C17H17N3O2S2/c1-3-12-9-10-20-14(11-12)19-17(23-2)15(16(20)18)24(21,22)13-7-5-4-6-8-13/h4-11,18H,3H2,1-2H3. The summed E-state index contributed by atoms with van der Waals surface area (Å²) in [7, 11) is -3.81. The number of benzene rings is 1. The summed E-state index contributed by atoms with van der Waals surface area (Å²) in [6, 6.07) is 11.9. The second-order valence-corrected chi connectivity index (χ2v) is 7.91. The predicted octanol–water partition coefficient (Wildman–Crippen LogP) is 2.93. The van der Waals surface area contributed by atoms with Crippen molar-refractivity contribution >= 4 is 27.2 Å². The summed E-state index contributed by atoms with van der Waals surface area (Å²) in [4.78, 5) is 4.60. The van der Waals surface area contributed by atoms with E-state index in [1.165, 1.54) is 28.3 Å². The number of aromatic nitrogens is 2. The minimum absolute atomic E-state index is 0.0528. The first-order valence-electron chi connectivity index (χ1n) is 7.43. The fourth-order valence-electron chi connectivity index (χ4n) is 2.49. The summed E-state index contributed by atoms with van der Waals surface area (Å²) >= 11 is 1.24. The SMILES string of the molecule is CCc1ccn2c(=N)c(S(=O)(=O)c3ccccc3)c(SC)nc2c1. The minimum Gasteiger partial charge on any atom is -0.285 e. The third kappa shape index (κ3) is 2.74. The van der Waals surface area contributed by atoms with Crippen LogP contribution in [0, 0.1) is 5.41 Å². The van der Waals surface area contributed by atoms with E-state index in [4.69, 9.17) is 5.41 Å². The zero-order chi connectivity index (χ0) is 17.3. The van der Waals surface area contributed by atoms with Gasteiger partial charge in [0, 0.05) is 6.20 Å². The molecular weight excluding hydrogens is 342 g/mol. The maximum absolute atomic E-state index is 13.0. The summed E-state index contributed by atoms with van der Waals surface area (Å²) in [5.41, 5.74) is 1.60. The van der Waals surface area contributed by atoms with Crippen LogP contribution in [0.4, 0.5) is 0 Å². The Kier molecular flexibility index (Phi) is 4.47. The summed E-state index contributed by atoms with van der Waals surface area (Å²) in [6.45, 7) is 2.04. The lowest BCUT2D eigenvalue weighted by Crippen LogP contribution is -2.24. The van der Waals surface area contributed by atoms with E-state index in [0.29, 0.717) is 10.7 Å². The van der Waals surface area contributed by atoms with E-state index in [1.54, 1.807) is 30.7 Å². The molecule has 0 amide bonds. The lowest BCUT2D eigenvalue weighted by molar-refractivity contribution is 0.589. The largest absolute Gasteiger partial charge is 0.285 e. The first kappa shape index (κ1) is 16.7. The van der Waals surface area contributed by atoms with Gasteiger partial charge in [0.2, 0.25) is 9.84 Å². The van der Waals surface area contributed by atoms with Gasteiger partial charge < -0.3 is 0 Å². The third-order valence-corrected chi connectivity index (χ3v) is 6.42. The maximum Gasteiger partial charge on any atom is 0.212 e. The fourth-order valence-corrected chi connectivity index (χ4v) is 4.91. The van der Waals surface area contributed by atoms with Crippen molar-refractivity contribution in [3.05, 3.63) is 59.7 Å². The van der Waals surface area contributed by atoms with Gasteiger partial charge in [0.05, 0.1) is 4.90 Å². The number of thioether (sulfide) groups is 1. The van der Waals surface area contributed by atoms with Gasteiger partial charge in [0.15, 0.2) is 5.49 Å². The van der Waals surface area contributed by atoms with Gasteiger partial charge in [-0.2, -0.15) is 0 Å². The maximum atomic E-state index is 13.0. The highest BCUT2D eigenvalue weighted by Crippen LogP contribution is 2.26. The topological polar surface area (TPSA) is 75.3 Å². The molecule has 2 heterocycles. The molecule has 0 aliphatic rings. The van der Waals surface area contributed by atoms with Crippen molar-refractivity contribution in [2.24, 2.45) is 0 Å². The molecule has 5 nitrogen and oxygen atoms in total. The predicted molar refractivity (Wildman–Crippen MR) is 94.1 cm³/mol. The monoisotopic (exact) mass is 359 g/mol. The molecule has 0 saturated heterocycles. The second-order valence-electron chi connectivity index (χ2n) is 5.23. The zero-order valence-electron chi connectivity index (χ0n) is 13.4. The van der Waals surface area contributed by atoms with Crippen molar-refractivity contribution in [2.75, 3.05) is 6.26 Å². The number of nitrogens with one attached hydrogen (secondary N) is 1. The van der Waals surface area contributed by atoms with E-state index < -0.39 is 9.84 Å². The molecule has 0 unspecified atom stereocenters. The molecule has 7 heteroatoms. The molecule has 0 spiro atoms. The van der Waals surface area contributed by atoms with Gasteiger partial charge in [-0.3, -0.25) is 9.81 Å². The zero-order valence-corrected chi connectivity index (χ0v) is 15.0. The second kappa shape index (κ2) is 6.41. The summed E-state index contributed by atoms with van der Waals surface area (Å²) in [5.74, 6) is 0. The minimum atomic E-state index is -3.81. The number of sulfone groups is 1. The van der Waals surface area contributed by atoms with Crippen LogP contribution in [-0.4, -0.2) is 24.1 Å². The quantitative estimate of drug-likeness (QED) is 0.574. The van der Waals surface area contributed by atoms with E-state index in [-0.39, 0.29) is 15.3 Å². The molecule has 24 heavy (non-hydrogen) atoms. The molecule has 0 radical (unpaired) electrons. The van der Waals surface area contributed by atoms with Crippen molar-refractivity contribution in [1.82, 2.24) is 9.38 Å². The summed E-state index contributed by atoms with van der Waals surface area (Å²) in [6.07, 6.45) is 4.33. The van der Waals surface area contributed by atoms with Gasteiger partial charge in [-0.15, -0.1) is 11.8 Å². The van der Waals surface area contributed by atoms with E-state index in [9.17, 15) is 8.42 Å². The van der Waals surface area contributed by atoms with Crippen LogP contribution in [0.5, 0.6) is 0 Å². The highest BCUT2D eigenvalue weighted by atomic mass is 32.2. The first-order valence-corrected chi connectivity index (χ1v) is 10.1. The average molecular weight is 359 g/mol. The molecule has 0 bridgehead atoms. The lowest BCUT2D eigenvalue weighted by Gasteiger charge is -2.12. The van der Waals surface area contributed by atoms with E-state index in [1.807, 2.05) is 19.1 Å². The molecule has 124 valence electrons.